The number of rotatable bonds is 3. The van der Waals surface area contributed by atoms with Crippen molar-refractivity contribution in [3.8, 4) is 0 Å². The highest BCUT2D eigenvalue weighted by atomic mass is 19.4. The number of aromatic nitrogens is 4. The topological polar surface area (TPSA) is 143 Å². The third-order valence-electron chi connectivity index (χ3n) is 4.38. The van der Waals surface area contributed by atoms with Gasteiger partial charge >= 0.3 is 24.3 Å². The predicted octanol–water partition coefficient (Wildman–Crippen LogP) is 1.30. The molecule has 3 heterocycles. The molecule has 0 radical (unpaired) electrons. The summed E-state index contributed by atoms with van der Waals surface area (Å²) >= 11 is 0. The minimum absolute atomic E-state index is 0.163. The number of likely N-dealkylation sites (N-methyl/N-ethyl adjacent to an activating group) is 1. The molecule has 0 fully saturated rings. The summed E-state index contributed by atoms with van der Waals surface area (Å²) in [5.74, 6) is -4.16. The van der Waals surface area contributed by atoms with Crippen molar-refractivity contribution in [1.29, 1.82) is 0 Å². The highest BCUT2D eigenvalue weighted by molar-refractivity contribution is 5.90. The Balaban J connectivity index is 0.000000362. The molecule has 0 atom stereocenters. The molecule has 3 N–H and O–H groups in total. The van der Waals surface area contributed by atoms with Crippen molar-refractivity contribution < 1.29 is 50.9 Å². The fourth-order valence-electron chi connectivity index (χ4n) is 2.58. The summed E-state index contributed by atoms with van der Waals surface area (Å²) in [6, 6.07) is 0. The Kier molecular flexibility index (Phi) is 10.2. The average molecular weight is 516 g/mol. The predicted molar refractivity (Wildman–Crippen MR) is 105 cm³/mol. The third-order valence-corrected chi connectivity index (χ3v) is 4.38. The zero-order chi connectivity index (χ0) is 27.0. The molecule has 0 bridgehead atoms. The van der Waals surface area contributed by atoms with Crippen LogP contribution in [-0.4, -0.2) is 84.6 Å². The zero-order valence-electron chi connectivity index (χ0n) is 18.4. The maximum atomic E-state index is 12.1. The molecule has 0 unspecified atom stereocenters. The fraction of sp³-hybridized carbons (Fsp3) is 0.500. The molecule has 0 aromatic carbocycles. The first kappa shape index (κ1) is 29.4. The summed E-state index contributed by atoms with van der Waals surface area (Å²) in [5.41, 5.74) is 1.04. The van der Waals surface area contributed by atoms with Crippen molar-refractivity contribution >= 4 is 17.8 Å². The van der Waals surface area contributed by atoms with Crippen LogP contribution in [0.3, 0.4) is 0 Å². The van der Waals surface area contributed by atoms with E-state index in [1.165, 1.54) is 0 Å². The quantitative estimate of drug-likeness (QED) is 0.519. The fourth-order valence-corrected chi connectivity index (χ4v) is 2.58. The number of amides is 1. The van der Waals surface area contributed by atoms with Gasteiger partial charge in [0, 0.05) is 45.5 Å². The van der Waals surface area contributed by atoms with E-state index in [0.29, 0.717) is 12.4 Å². The number of carboxylic acid groups (broad SMARTS) is 2. The van der Waals surface area contributed by atoms with Crippen LogP contribution in [-0.2, 0) is 36.1 Å². The van der Waals surface area contributed by atoms with Crippen molar-refractivity contribution in [1.82, 2.24) is 29.3 Å². The van der Waals surface area contributed by atoms with Gasteiger partial charge in [-0.25, -0.2) is 19.6 Å². The van der Waals surface area contributed by atoms with E-state index >= 15 is 0 Å². The van der Waals surface area contributed by atoms with E-state index < -0.39 is 24.3 Å². The Morgan fingerprint density at radius 2 is 1.51 bits per heavy atom. The van der Waals surface area contributed by atoms with Crippen LogP contribution in [0.1, 0.15) is 22.1 Å². The molecular weight excluding hydrogens is 494 g/mol. The summed E-state index contributed by atoms with van der Waals surface area (Å²) in [5, 5.41) is 17.2. The van der Waals surface area contributed by atoms with Gasteiger partial charge in [0.1, 0.15) is 5.82 Å². The van der Waals surface area contributed by atoms with Gasteiger partial charge in [0.2, 0.25) is 0 Å². The number of hydrogen-bond donors (Lipinski definition) is 3. The third kappa shape index (κ3) is 9.63. The van der Waals surface area contributed by atoms with E-state index in [0.717, 1.165) is 37.6 Å². The number of carbonyl (C=O) groups excluding carboxylic acids is 1. The van der Waals surface area contributed by atoms with Crippen molar-refractivity contribution in [2.75, 3.05) is 20.1 Å². The Hall–Kier alpha value is -3.63. The Labute approximate surface area is 194 Å². The summed E-state index contributed by atoms with van der Waals surface area (Å²) in [6.07, 6.45) is -3.98. The van der Waals surface area contributed by atoms with Gasteiger partial charge in [0.05, 0.1) is 18.4 Å². The van der Waals surface area contributed by atoms with E-state index in [-0.39, 0.29) is 5.91 Å². The molecule has 1 amide bonds. The number of imidazole rings is 2. The molecule has 0 saturated carbocycles. The number of fused-ring (bicyclic) bond motifs is 1. The number of nitrogens with zero attached hydrogens (tertiary/aromatic N) is 5. The van der Waals surface area contributed by atoms with Crippen LogP contribution >= 0.6 is 0 Å². The van der Waals surface area contributed by atoms with Crippen LogP contribution in [0.15, 0.2) is 18.6 Å². The molecule has 11 nitrogen and oxygen atoms in total. The molecule has 17 heteroatoms. The minimum atomic E-state index is -5.08. The van der Waals surface area contributed by atoms with Crippen LogP contribution in [0.25, 0.3) is 0 Å². The summed E-state index contributed by atoms with van der Waals surface area (Å²) in [7, 11) is 3.93. The molecule has 3 rings (SSSR count). The molecule has 0 aliphatic carbocycles. The smallest absolute Gasteiger partial charge is 0.475 e. The second-order valence-electron chi connectivity index (χ2n) is 7.02. The van der Waals surface area contributed by atoms with Gasteiger partial charge in [-0.15, -0.1) is 0 Å². The first-order chi connectivity index (χ1) is 16.0. The number of carbonyl (C=O) groups is 3. The number of halogens is 6. The Bertz CT molecular complexity index is 992. The van der Waals surface area contributed by atoms with Crippen molar-refractivity contribution in [3.05, 3.63) is 35.9 Å². The van der Waals surface area contributed by atoms with Gasteiger partial charge in [0.15, 0.2) is 5.82 Å². The average Bonchev–Trinajstić information content (AvgIpc) is 3.29. The molecular formula is C18H22F6N6O5. The van der Waals surface area contributed by atoms with Crippen LogP contribution in [0.2, 0.25) is 0 Å². The second kappa shape index (κ2) is 12.2. The SMILES string of the molecule is CN1CCc2ncc(CNC(=O)c3nccn3C)n2CC1.O=C(O)C(F)(F)F.O=C(O)C(F)(F)F. The summed E-state index contributed by atoms with van der Waals surface area (Å²) in [4.78, 5) is 40.7. The largest absolute Gasteiger partial charge is 0.490 e. The Morgan fingerprint density at radius 1 is 0.971 bits per heavy atom. The maximum absolute atomic E-state index is 12.1. The molecule has 0 saturated heterocycles. The lowest BCUT2D eigenvalue weighted by atomic mass is 10.4. The van der Waals surface area contributed by atoms with Gasteiger partial charge in [0.25, 0.3) is 5.91 Å². The summed E-state index contributed by atoms with van der Waals surface area (Å²) in [6.45, 7) is 3.42. The van der Waals surface area contributed by atoms with Crippen molar-refractivity contribution in [2.45, 2.75) is 31.9 Å². The molecule has 0 spiro atoms. The number of alkyl halides is 6. The minimum Gasteiger partial charge on any atom is -0.475 e. The van der Waals surface area contributed by atoms with Crippen LogP contribution < -0.4 is 5.32 Å². The monoisotopic (exact) mass is 516 g/mol. The number of carboxylic acids is 2. The molecule has 1 aliphatic rings. The van der Waals surface area contributed by atoms with Crippen LogP contribution in [0, 0.1) is 0 Å². The normalized spacial score (nSPS) is 13.8. The standard InChI is InChI=1S/C14H20N6O.2C2HF3O2/c1-18-5-3-12-16-9-11(20(12)8-7-18)10-17-14(21)13-15-4-6-19(13)2;2*3-2(4,5)1(6)7/h4,6,9H,3,5,7-8,10H2,1-2H3,(H,17,21);2*(H,6,7). The van der Waals surface area contributed by atoms with Gasteiger partial charge in [-0.2, -0.15) is 26.3 Å². The van der Waals surface area contributed by atoms with E-state index in [2.05, 4.69) is 31.8 Å². The molecule has 1 aliphatic heterocycles. The number of nitrogens with one attached hydrogen (secondary N) is 1. The second-order valence-corrected chi connectivity index (χ2v) is 7.02. The first-order valence-corrected chi connectivity index (χ1v) is 9.61. The zero-order valence-corrected chi connectivity index (χ0v) is 18.4. The van der Waals surface area contributed by atoms with E-state index in [9.17, 15) is 31.1 Å². The van der Waals surface area contributed by atoms with E-state index in [4.69, 9.17) is 19.8 Å². The van der Waals surface area contributed by atoms with Crippen LogP contribution in [0.5, 0.6) is 0 Å². The summed E-state index contributed by atoms with van der Waals surface area (Å²) < 4.78 is 67.4. The van der Waals surface area contributed by atoms with Crippen LogP contribution in [0.4, 0.5) is 26.3 Å². The van der Waals surface area contributed by atoms with E-state index in [1.807, 2.05) is 13.2 Å². The Morgan fingerprint density at radius 3 is 1.97 bits per heavy atom. The van der Waals surface area contributed by atoms with Crippen molar-refractivity contribution in [3.63, 3.8) is 0 Å². The van der Waals surface area contributed by atoms with Gasteiger partial charge in [-0.05, 0) is 7.05 Å². The molecule has 2 aromatic heterocycles. The van der Waals surface area contributed by atoms with Gasteiger partial charge in [-0.3, -0.25) is 4.79 Å². The van der Waals surface area contributed by atoms with Crippen molar-refractivity contribution in [2.24, 2.45) is 7.05 Å². The molecule has 35 heavy (non-hydrogen) atoms. The lowest BCUT2D eigenvalue weighted by Crippen LogP contribution is -2.27. The molecule has 196 valence electrons. The highest BCUT2D eigenvalue weighted by Gasteiger charge is 2.38. The van der Waals surface area contributed by atoms with Gasteiger partial charge in [-0.1, -0.05) is 0 Å². The highest BCUT2D eigenvalue weighted by Crippen LogP contribution is 2.14. The lowest BCUT2D eigenvalue weighted by Gasteiger charge is -2.12. The number of aliphatic carboxylic acids is 2. The lowest BCUT2D eigenvalue weighted by molar-refractivity contribution is -0.193. The van der Waals surface area contributed by atoms with E-state index in [1.54, 1.807) is 17.0 Å². The first-order valence-electron chi connectivity index (χ1n) is 9.61. The number of hydrogen-bond acceptors (Lipinski definition) is 6. The van der Waals surface area contributed by atoms with Gasteiger partial charge < -0.3 is 29.6 Å². The molecule has 2 aromatic rings. The number of aryl methyl sites for hydroxylation is 1. The maximum Gasteiger partial charge on any atom is 0.490 e.